The summed E-state index contributed by atoms with van der Waals surface area (Å²) in [4.78, 5) is 1.41. The second-order valence-corrected chi connectivity index (χ2v) is 10.2. The minimum Gasteiger partial charge on any atom is -0.768 e. The number of benzene rings is 4. The number of ether oxygens (including phenoxy) is 3. The minimum atomic E-state index is -3.05. The van der Waals surface area contributed by atoms with Crippen LogP contribution in [0.5, 0.6) is 23.0 Å². The van der Waals surface area contributed by atoms with E-state index in [2.05, 4.69) is 4.90 Å². The summed E-state index contributed by atoms with van der Waals surface area (Å²) in [6.45, 7) is 3.70. The van der Waals surface area contributed by atoms with Crippen molar-refractivity contribution in [2.75, 3.05) is 33.4 Å². The molecule has 4 aromatic carbocycles. The van der Waals surface area contributed by atoms with E-state index in [0.717, 1.165) is 37.2 Å². The van der Waals surface area contributed by atoms with E-state index in [9.17, 15) is 17.5 Å². The zero-order chi connectivity index (χ0) is 27.4. The Bertz CT molecular complexity index is 1470. The molecule has 1 atom stereocenters. The van der Waals surface area contributed by atoms with E-state index in [1.165, 1.54) is 19.3 Å². The van der Waals surface area contributed by atoms with Crippen LogP contribution in [0.3, 0.4) is 0 Å². The molecule has 0 bridgehead atoms. The second kappa shape index (κ2) is 12.1. The predicted molar refractivity (Wildman–Crippen MR) is 145 cm³/mol. The molecule has 39 heavy (non-hydrogen) atoms. The molecule has 0 amide bonds. The zero-order valence-corrected chi connectivity index (χ0v) is 22.3. The van der Waals surface area contributed by atoms with Crippen LogP contribution in [0, 0.1) is 11.6 Å². The molecule has 1 aliphatic heterocycles. The Balaban J connectivity index is 1.44. The molecule has 0 spiro atoms. The summed E-state index contributed by atoms with van der Waals surface area (Å²) in [6, 6.07) is 18.0. The van der Waals surface area contributed by atoms with Crippen molar-refractivity contribution < 1.29 is 31.8 Å². The van der Waals surface area contributed by atoms with Crippen LogP contribution in [0.4, 0.5) is 8.78 Å². The van der Waals surface area contributed by atoms with Crippen LogP contribution >= 0.6 is 0 Å². The molecule has 4 aromatic rings. The third-order valence-electron chi connectivity index (χ3n) is 6.82. The van der Waals surface area contributed by atoms with Crippen LogP contribution < -0.4 is 14.2 Å². The number of fused-ring (bicyclic) bond motifs is 1. The molecule has 1 aliphatic rings. The summed E-state index contributed by atoms with van der Waals surface area (Å²) in [5.74, 6) is -0.126. The largest absolute Gasteiger partial charge is 0.768 e. The third kappa shape index (κ3) is 6.21. The highest BCUT2D eigenvalue weighted by atomic mass is 32.2. The Labute approximate surface area is 228 Å². The second-order valence-electron chi connectivity index (χ2n) is 9.36. The normalized spacial score (nSPS) is 14.8. The number of rotatable bonds is 9. The molecule has 5 rings (SSSR count). The van der Waals surface area contributed by atoms with Gasteiger partial charge >= 0.3 is 0 Å². The Hall–Kier alpha value is -3.53. The summed E-state index contributed by atoms with van der Waals surface area (Å²) in [6.07, 6.45) is 3.76. The summed E-state index contributed by atoms with van der Waals surface area (Å²) in [7, 11) is 1.57. The van der Waals surface area contributed by atoms with Gasteiger partial charge in [0.25, 0.3) is 0 Å². The Morgan fingerprint density at radius 1 is 0.872 bits per heavy atom. The van der Waals surface area contributed by atoms with Gasteiger partial charge in [-0.2, -0.15) is 0 Å². The fraction of sp³-hybridized carbons (Fsp3) is 0.267. The lowest BCUT2D eigenvalue weighted by atomic mass is 9.99. The first-order chi connectivity index (χ1) is 18.9. The molecule has 9 heteroatoms. The van der Waals surface area contributed by atoms with Crippen LogP contribution in [0.1, 0.15) is 19.3 Å². The van der Waals surface area contributed by atoms with Gasteiger partial charge in [-0.1, -0.05) is 12.5 Å². The Morgan fingerprint density at radius 3 is 2.21 bits per heavy atom. The molecule has 0 N–H and O–H groups in total. The van der Waals surface area contributed by atoms with Crippen molar-refractivity contribution in [3.8, 4) is 34.1 Å². The highest BCUT2D eigenvalue weighted by Gasteiger charge is 2.18. The number of methoxy groups -OCH3 is 1. The van der Waals surface area contributed by atoms with Crippen molar-refractivity contribution >= 4 is 21.9 Å². The first kappa shape index (κ1) is 27.1. The van der Waals surface area contributed by atoms with Crippen molar-refractivity contribution in [3.05, 3.63) is 78.4 Å². The molecule has 0 aromatic heterocycles. The Kier molecular flexibility index (Phi) is 8.40. The number of hydrogen-bond donors (Lipinski definition) is 0. The topological polar surface area (TPSA) is 71.1 Å². The number of likely N-dealkylation sites (tertiary alicyclic amines) is 1. The van der Waals surface area contributed by atoms with Crippen LogP contribution in [-0.2, 0) is 11.1 Å². The van der Waals surface area contributed by atoms with Crippen LogP contribution in [0.2, 0.25) is 0 Å². The zero-order valence-electron chi connectivity index (χ0n) is 21.5. The van der Waals surface area contributed by atoms with E-state index < -0.39 is 27.6 Å². The van der Waals surface area contributed by atoms with Gasteiger partial charge in [0.05, 0.1) is 12.0 Å². The van der Waals surface area contributed by atoms with Gasteiger partial charge in [-0.05, 0) is 109 Å². The first-order valence-corrected chi connectivity index (χ1v) is 13.8. The lowest BCUT2D eigenvalue weighted by Gasteiger charge is -2.26. The van der Waals surface area contributed by atoms with Crippen molar-refractivity contribution in [2.45, 2.75) is 24.2 Å². The molecule has 1 fully saturated rings. The molecule has 6 nitrogen and oxygen atoms in total. The maximum atomic E-state index is 14.6. The van der Waals surface area contributed by atoms with E-state index in [1.807, 2.05) is 18.2 Å². The summed E-state index contributed by atoms with van der Waals surface area (Å²) >= 11 is -3.05. The van der Waals surface area contributed by atoms with Gasteiger partial charge in [-0.25, -0.2) is 8.78 Å². The van der Waals surface area contributed by atoms with Gasteiger partial charge in [0, 0.05) is 17.5 Å². The highest BCUT2D eigenvalue weighted by molar-refractivity contribution is 7.79. The molecular weight excluding hydrogens is 524 g/mol. The SMILES string of the molecule is COc1ccc2c(Oc3ccc(OCCN4CCCCC4)cc3)c(-c3cc(F)c(S(=O)[O-])c(F)c3)ccc2c1. The van der Waals surface area contributed by atoms with Crippen molar-refractivity contribution in [2.24, 2.45) is 0 Å². The van der Waals surface area contributed by atoms with Gasteiger partial charge in [-0.3, -0.25) is 9.11 Å². The van der Waals surface area contributed by atoms with Crippen molar-refractivity contribution in [1.29, 1.82) is 0 Å². The van der Waals surface area contributed by atoms with Gasteiger partial charge in [0.2, 0.25) is 0 Å². The summed E-state index contributed by atoms with van der Waals surface area (Å²) in [5.41, 5.74) is 0.542. The summed E-state index contributed by atoms with van der Waals surface area (Å²) in [5, 5.41) is 1.48. The lowest BCUT2D eigenvalue weighted by molar-refractivity contribution is 0.183. The maximum Gasteiger partial charge on any atom is 0.143 e. The van der Waals surface area contributed by atoms with Gasteiger partial charge in [-0.15, -0.1) is 0 Å². The van der Waals surface area contributed by atoms with Crippen molar-refractivity contribution in [3.63, 3.8) is 0 Å². The fourth-order valence-corrected chi connectivity index (χ4v) is 5.25. The van der Waals surface area contributed by atoms with Gasteiger partial charge < -0.3 is 18.8 Å². The van der Waals surface area contributed by atoms with E-state index >= 15 is 0 Å². The summed E-state index contributed by atoms with van der Waals surface area (Å²) < 4.78 is 69.2. The number of halogens is 2. The molecule has 1 saturated heterocycles. The lowest BCUT2D eigenvalue weighted by Crippen LogP contribution is -2.33. The van der Waals surface area contributed by atoms with Crippen LogP contribution in [0.25, 0.3) is 21.9 Å². The molecule has 1 heterocycles. The van der Waals surface area contributed by atoms with E-state index in [1.54, 1.807) is 43.5 Å². The number of piperidine rings is 1. The van der Waals surface area contributed by atoms with E-state index in [0.29, 0.717) is 40.6 Å². The smallest absolute Gasteiger partial charge is 0.143 e. The first-order valence-electron chi connectivity index (χ1n) is 12.8. The van der Waals surface area contributed by atoms with Crippen molar-refractivity contribution in [1.82, 2.24) is 4.90 Å². The van der Waals surface area contributed by atoms with E-state index in [-0.39, 0.29) is 5.56 Å². The maximum absolute atomic E-state index is 14.6. The molecule has 1 unspecified atom stereocenters. The highest BCUT2D eigenvalue weighted by Crippen LogP contribution is 2.41. The molecular formula is C30H28F2NO5S-. The minimum absolute atomic E-state index is 0.143. The van der Waals surface area contributed by atoms with Crippen LogP contribution in [-0.4, -0.2) is 47.0 Å². The number of nitrogens with zero attached hydrogens (tertiary/aromatic N) is 1. The molecule has 0 aliphatic carbocycles. The van der Waals surface area contributed by atoms with Crippen LogP contribution in [0.15, 0.2) is 71.6 Å². The predicted octanol–water partition coefficient (Wildman–Crippen LogP) is 6.69. The average Bonchev–Trinajstić information content (AvgIpc) is 2.93. The molecule has 0 saturated carbocycles. The van der Waals surface area contributed by atoms with Gasteiger partial charge in [0.15, 0.2) is 0 Å². The average molecular weight is 553 g/mol. The van der Waals surface area contributed by atoms with E-state index in [4.69, 9.17) is 14.2 Å². The molecule has 0 radical (unpaired) electrons. The quantitative estimate of drug-likeness (QED) is 0.216. The third-order valence-corrected chi connectivity index (χ3v) is 7.55. The molecule has 204 valence electrons. The Morgan fingerprint density at radius 2 is 1.54 bits per heavy atom. The number of hydrogen-bond acceptors (Lipinski definition) is 6. The monoisotopic (exact) mass is 552 g/mol. The van der Waals surface area contributed by atoms with Gasteiger partial charge in [0.1, 0.15) is 41.2 Å². The fourth-order valence-electron chi connectivity index (χ4n) is 4.82. The standard InChI is InChI=1S/C30H29F2NO5S/c1-36-24-10-12-25-20(17-24)5-11-26(21-18-27(31)30(39(34)35)28(32)19-21)29(25)38-23-8-6-22(7-9-23)37-16-15-33-13-3-2-4-14-33/h5-12,17-19H,2-4,13-16H2,1H3,(H,34,35)/p-1.